The minimum Gasteiger partial charge on any atom is -0.352 e. The van der Waals surface area contributed by atoms with Crippen molar-refractivity contribution in [2.45, 2.75) is 52.0 Å². The normalized spacial score (nSPS) is 13.5. The maximum absolute atomic E-state index is 13.6. The number of carbonyl (C=O) groups is 1. The van der Waals surface area contributed by atoms with Gasteiger partial charge in [0.15, 0.2) is 0 Å². The van der Waals surface area contributed by atoms with Gasteiger partial charge in [0.25, 0.3) is 0 Å². The highest BCUT2D eigenvalue weighted by Crippen LogP contribution is 2.37. The number of rotatable bonds is 6. The summed E-state index contributed by atoms with van der Waals surface area (Å²) in [4.78, 5) is 11.3. The highest BCUT2D eigenvalue weighted by molar-refractivity contribution is 5.76. The number of alkyl halides is 6. The molecule has 0 saturated carbocycles. The number of aryl methyl sites for hydroxylation is 3. The van der Waals surface area contributed by atoms with Crippen LogP contribution in [0.5, 0.6) is 0 Å². The molecule has 1 amide bonds. The van der Waals surface area contributed by atoms with Gasteiger partial charge in [0.2, 0.25) is 5.91 Å². The minimum absolute atomic E-state index is 0.0987. The fourth-order valence-corrected chi connectivity index (χ4v) is 3.27. The number of hydrogen-bond acceptors (Lipinski definition) is 1. The van der Waals surface area contributed by atoms with Gasteiger partial charge in [-0.3, -0.25) is 4.79 Å². The number of halogens is 6. The third-order valence-corrected chi connectivity index (χ3v) is 4.64. The summed E-state index contributed by atoms with van der Waals surface area (Å²) in [5, 5.41) is 2.19. The second kappa shape index (κ2) is 9.58. The fourth-order valence-electron chi connectivity index (χ4n) is 3.27. The van der Waals surface area contributed by atoms with Crippen molar-refractivity contribution < 1.29 is 31.1 Å². The SMILES string of the molecule is Cc1cc(C)cc(C(/C=C/c2ccc(CNC(=O)CC(F)(F)F)c(C)c2)C(F)(F)F)c1. The molecule has 0 fully saturated rings. The molecular weight excluding hydrogens is 420 g/mol. The molecule has 0 aliphatic heterocycles. The van der Waals surface area contributed by atoms with E-state index in [0.717, 1.165) is 17.2 Å². The fraction of sp³-hybridized carbons (Fsp3) is 0.348. The second-order valence-electron chi connectivity index (χ2n) is 7.55. The van der Waals surface area contributed by atoms with Gasteiger partial charge >= 0.3 is 12.4 Å². The Morgan fingerprint density at radius 2 is 1.58 bits per heavy atom. The third kappa shape index (κ3) is 7.77. The van der Waals surface area contributed by atoms with Crippen LogP contribution in [-0.4, -0.2) is 18.3 Å². The Morgan fingerprint density at radius 1 is 0.968 bits per heavy atom. The van der Waals surface area contributed by atoms with E-state index in [0.29, 0.717) is 16.7 Å². The lowest BCUT2D eigenvalue weighted by molar-refractivity contribution is -0.153. The van der Waals surface area contributed by atoms with Gasteiger partial charge < -0.3 is 5.32 Å². The van der Waals surface area contributed by atoms with Crippen LogP contribution in [-0.2, 0) is 11.3 Å². The van der Waals surface area contributed by atoms with Crippen molar-refractivity contribution in [1.29, 1.82) is 0 Å². The molecule has 0 aliphatic carbocycles. The molecule has 0 saturated heterocycles. The van der Waals surface area contributed by atoms with Crippen molar-refractivity contribution in [2.75, 3.05) is 0 Å². The van der Waals surface area contributed by atoms with Gasteiger partial charge in [-0.25, -0.2) is 0 Å². The number of amides is 1. The summed E-state index contributed by atoms with van der Waals surface area (Å²) in [5.74, 6) is -2.91. The molecule has 2 rings (SSSR count). The van der Waals surface area contributed by atoms with Crippen LogP contribution in [0.2, 0.25) is 0 Å². The van der Waals surface area contributed by atoms with E-state index in [1.165, 1.54) is 18.2 Å². The van der Waals surface area contributed by atoms with Gasteiger partial charge in [0, 0.05) is 6.54 Å². The summed E-state index contributed by atoms with van der Waals surface area (Å²) in [6, 6.07) is 9.57. The van der Waals surface area contributed by atoms with E-state index in [2.05, 4.69) is 5.32 Å². The molecule has 0 radical (unpaired) electrons. The molecule has 0 spiro atoms. The first-order valence-electron chi connectivity index (χ1n) is 9.51. The standard InChI is InChI=1S/C23H23F6NO/c1-14-8-15(2)10-19(9-14)20(23(27,28)29)7-5-17-4-6-18(16(3)11-17)13-30-21(31)12-22(24,25)26/h4-11,20H,12-13H2,1-3H3,(H,30,31)/b7-5+. The summed E-state index contributed by atoms with van der Waals surface area (Å²) in [6.45, 7) is 5.05. The topological polar surface area (TPSA) is 29.1 Å². The van der Waals surface area contributed by atoms with Crippen LogP contribution in [0.25, 0.3) is 6.08 Å². The van der Waals surface area contributed by atoms with Gasteiger partial charge in [-0.1, -0.05) is 59.7 Å². The Kier molecular flexibility index (Phi) is 7.57. The van der Waals surface area contributed by atoms with Crippen molar-refractivity contribution in [3.63, 3.8) is 0 Å². The molecule has 1 N–H and O–H groups in total. The van der Waals surface area contributed by atoms with Gasteiger partial charge in [-0.05, 0) is 43.0 Å². The van der Waals surface area contributed by atoms with Crippen molar-refractivity contribution >= 4 is 12.0 Å². The zero-order chi connectivity index (χ0) is 23.4. The van der Waals surface area contributed by atoms with E-state index in [-0.39, 0.29) is 12.1 Å². The van der Waals surface area contributed by atoms with E-state index in [4.69, 9.17) is 0 Å². The Bertz CT molecular complexity index is 939. The molecule has 8 heteroatoms. The summed E-state index contributed by atoms with van der Waals surface area (Å²) in [6.07, 6.45) is -8.15. The lowest BCUT2D eigenvalue weighted by atomic mass is 9.93. The van der Waals surface area contributed by atoms with Crippen LogP contribution in [0.1, 0.15) is 45.7 Å². The molecule has 2 nitrogen and oxygen atoms in total. The average Bonchev–Trinajstić information content (AvgIpc) is 2.57. The minimum atomic E-state index is -4.58. The van der Waals surface area contributed by atoms with Crippen LogP contribution in [0.3, 0.4) is 0 Å². The predicted molar refractivity (Wildman–Crippen MR) is 107 cm³/mol. The number of carbonyl (C=O) groups excluding carboxylic acids is 1. The predicted octanol–water partition coefficient (Wildman–Crippen LogP) is 6.54. The maximum atomic E-state index is 13.6. The van der Waals surface area contributed by atoms with Crippen LogP contribution in [0, 0.1) is 20.8 Å². The van der Waals surface area contributed by atoms with Crippen LogP contribution in [0.4, 0.5) is 26.3 Å². The first-order valence-corrected chi connectivity index (χ1v) is 9.51. The van der Waals surface area contributed by atoms with Crippen LogP contribution in [0.15, 0.2) is 42.5 Å². The summed E-state index contributed by atoms with van der Waals surface area (Å²) >= 11 is 0. The Hall–Kier alpha value is -2.77. The first-order chi connectivity index (χ1) is 14.2. The molecule has 0 bridgehead atoms. The zero-order valence-electron chi connectivity index (χ0n) is 17.3. The second-order valence-corrected chi connectivity index (χ2v) is 7.55. The molecule has 2 aromatic carbocycles. The molecule has 31 heavy (non-hydrogen) atoms. The Morgan fingerprint density at radius 3 is 2.10 bits per heavy atom. The average molecular weight is 443 g/mol. The molecule has 168 valence electrons. The summed E-state index contributed by atoms with van der Waals surface area (Å²) in [5.41, 5.74) is 3.37. The summed E-state index contributed by atoms with van der Waals surface area (Å²) in [7, 11) is 0. The van der Waals surface area contributed by atoms with Crippen LogP contribution < -0.4 is 5.32 Å². The Labute approximate surface area is 177 Å². The molecule has 0 aliphatic rings. The number of hydrogen-bond donors (Lipinski definition) is 1. The number of allylic oxidation sites excluding steroid dienone is 1. The third-order valence-electron chi connectivity index (χ3n) is 4.64. The van der Waals surface area contributed by atoms with Crippen molar-refractivity contribution in [3.05, 3.63) is 75.9 Å². The van der Waals surface area contributed by atoms with E-state index in [1.54, 1.807) is 45.0 Å². The molecule has 1 unspecified atom stereocenters. The monoisotopic (exact) mass is 443 g/mol. The lowest BCUT2D eigenvalue weighted by Gasteiger charge is -2.18. The van der Waals surface area contributed by atoms with Crippen LogP contribution >= 0.6 is 0 Å². The van der Waals surface area contributed by atoms with Gasteiger partial charge in [0.1, 0.15) is 6.42 Å². The highest BCUT2D eigenvalue weighted by Gasteiger charge is 2.39. The van der Waals surface area contributed by atoms with E-state index >= 15 is 0 Å². The zero-order valence-corrected chi connectivity index (χ0v) is 17.3. The largest absolute Gasteiger partial charge is 0.399 e. The highest BCUT2D eigenvalue weighted by atomic mass is 19.4. The quantitative estimate of drug-likeness (QED) is 0.505. The van der Waals surface area contributed by atoms with E-state index in [9.17, 15) is 31.1 Å². The molecular formula is C23H23F6NO. The Balaban J connectivity index is 2.17. The van der Waals surface area contributed by atoms with Gasteiger partial charge in [-0.15, -0.1) is 0 Å². The molecule has 0 heterocycles. The smallest absolute Gasteiger partial charge is 0.352 e. The molecule has 2 aromatic rings. The summed E-state index contributed by atoms with van der Waals surface area (Å²) < 4.78 is 77.6. The lowest BCUT2D eigenvalue weighted by Crippen LogP contribution is -2.28. The van der Waals surface area contributed by atoms with E-state index < -0.39 is 30.6 Å². The van der Waals surface area contributed by atoms with Gasteiger partial charge in [0.05, 0.1) is 5.92 Å². The van der Waals surface area contributed by atoms with Crippen molar-refractivity contribution in [2.24, 2.45) is 0 Å². The first kappa shape index (κ1) is 24.5. The maximum Gasteiger partial charge on any atom is 0.399 e. The van der Waals surface area contributed by atoms with Crippen molar-refractivity contribution in [1.82, 2.24) is 5.32 Å². The number of benzene rings is 2. The molecule has 1 atom stereocenters. The van der Waals surface area contributed by atoms with Gasteiger partial charge in [-0.2, -0.15) is 26.3 Å². The number of nitrogens with one attached hydrogen (secondary N) is 1. The van der Waals surface area contributed by atoms with Crippen molar-refractivity contribution in [3.8, 4) is 0 Å². The van der Waals surface area contributed by atoms with E-state index in [1.807, 2.05) is 0 Å². The molecule has 0 aromatic heterocycles.